The van der Waals surface area contributed by atoms with E-state index in [0.29, 0.717) is 0 Å². The fraction of sp³-hybridized carbons (Fsp3) is 0.600. The molecule has 0 aromatic carbocycles. The van der Waals surface area contributed by atoms with Gasteiger partial charge in [0.15, 0.2) is 0 Å². The molecule has 0 saturated carbocycles. The molecular formula is C5H10N2O4. The molecule has 0 radical (unpaired) electrons. The maximum Gasteiger partial charge on any atom is 0.324 e. The Kier molecular flexibility index (Phi) is 4.16. The Balaban J connectivity index is 3.54. The number of rotatable bonds is 4. The van der Waals surface area contributed by atoms with E-state index in [-0.39, 0.29) is 13.2 Å². The lowest BCUT2D eigenvalue weighted by atomic mass is 10.3. The van der Waals surface area contributed by atoms with Gasteiger partial charge in [-0.2, -0.15) is 0 Å². The van der Waals surface area contributed by atoms with Crippen LogP contribution < -0.4 is 11.5 Å². The Morgan fingerprint density at radius 2 is 2.09 bits per heavy atom. The second-order valence-electron chi connectivity index (χ2n) is 1.83. The molecule has 0 saturated heterocycles. The van der Waals surface area contributed by atoms with Crippen LogP contribution >= 0.6 is 0 Å². The highest BCUT2D eigenvalue weighted by Gasteiger charge is 2.12. The van der Waals surface area contributed by atoms with Gasteiger partial charge in [0.1, 0.15) is 12.6 Å². The number of carboxylic acid groups (broad SMARTS) is 1. The van der Waals surface area contributed by atoms with Gasteiger partial charge >= 0.3 is 11.9 Å². The molecule has 64 valence electrons. The van der Waals surface area contributed by atoms with Gasteiger partial charge in [-0.05, 0) is 0 Å². The average Bonchev–Trinajstić information content (AvgIpc) is 1.99. The van der Waals surface area contributed by atoms with Gasteiger partial charge in [-0.3, -0.25) is 9.59 Å². The SMILES string of the molecule is NCC(=O)OC[C@H](N)C(=O)O. The lowest BCUT2D eigenvalue weighted by Gasteiger charge is -2.05. The molecule has 0 aromatic rings. The summed E-state index contributed by atoms with van der Waals surface area (Å²) in [5.41, 5.74) is 9.87. The quantitative estimate of drug-likeness (QED) is 0.408. The van der Waals surface area contributed by atoms with Crippen LogP contribution in [-0.2, 0) is 14.3 Å². The van der Waals surface area contributed by atoms with E-state index in [9.17, 15) is 9.59 Å². The van der Waals surface area contributed by atoms with Crippen LogP contribution in [0.1, 0.15) is 0 Å². The largest absolute Gasteiger partial charge is 0.480 e. The van der Waals surface area contributed by atoms with Gasteiger partial charge < -0.3 is 21.3 Å². The van der Waals surface area contributed by atoms with Crippen LogP contribution in [-0.4, -0.2) is 36.2 Å². The third-order valence-electron chi connectivity index (χ3n) is 0.908. The molecule has 0 aliphatic carbocycles. The molecule has 6 heteroatoms. The van der Waals surface area contributed by atoms with E-state index in [1.807, 2.05) is 0 Å². The molecule has 1 atom stereocenters. The fourth-order valence-corrected chi connectivity index (χ4v) is 0.313. The number of hydrogen-bond acceptors (Lipinski definition) is 5. The van der Waals surface area contributed by atoms with Crippen LogP contribution in [0.4, 0.5) is 0 Å². The van der Waals surface area contributed by atoms with E-state index in [4.69, 9.17) is 16.6 Å². The van der Waals surface area contributed by atoms with E-state index in [0.717, 1.165) is 0 Å². The number of ether oxygens (including phenoxy) is 1. The van der Waals surface area contributed by atoms with Gasteiger partial charge in [0, 0.05) is 0 Å². The normalized spacial score (nSPS) is 12.2. The summed E-state index contributed by atoms with van der Waals surface area (Å²) in [6.45, 7) is -0.613. The molecule has 0 rings (SSSR count). The maximum absolute atomic E-state index is 10.3. The highest BCUT2D eigenvalue weighted by atomic mass is 16.5. The second-order valence-corrected chi connectivity index (χ2v) is 1.83. The van der Waals surface area contributed by atoms with Crippen molar-refractivity contribution in [2.75, 3.05) is 13.2 Å². The number of nitrogens with two attached hydrogens (primary N) is 2. The Morgan fingerprint density at radius 1 is 1.55 bits per heavy atom. The van der Waals surface area contributed by atoms with Gasteiger partial charge in [0.05, 0.1) is 6.54 Å². The third-order valence-corrected chi connectivity index (χ3v) is 0.908. The minimum absolute atomic E-state index is 0.271. The summed E-state index contributed by atoms with van der Waals surface area (Å²) in [5.74, 6) is -1.88. The molecule has 0 fully saturated rings. The van der Waals surface area contributed by atoms with Crippen molar-refractivity contribution in [1.82, 2.24) is 0 Å². The molecular weight excluding hydrogens is 152 g/mol. The molecule has 11 heavy (non-hydrogen) atoms. The predicted molar refractivity (Wildman–Crippen MR) is 35.6 cm³/mol. The van der Waals surface area contributed by atoms with Crippen molar-refractivity contribution in [2.24, 2.45) is 11.5 Å². The smallest absolute Gasteiger partial charge is 0.324 e. The lowest BCUT2D eigenvalue weighted by Crippen LogP contribution is -2.36. The van der Waals surface area contributed by atoms with Gasteiger partial charge in [0.25, 0.3) is 0 Å². The van der Waals surface area contributed by atoms with Crippen molar-refractivity contribution < 1.29 is 19.4 Å². The van der Waals surface area contributed by atoms with E-state index in [2.05, 4.69) is 4.74 Å². The van der Waals surface area contributed by atoms with Crippen LogP contribution in [0.2, 0.25) is 0 Å². The Bertz CT molecular complexity index is 159. The molecule has 0 spiro atoms. The Labute approximate surface area is 63.1 Å². The lowest BCUT2D eigenvalue weighted by molar-refractivity contribution is -0.146. The topological polar surface area (TPSA) is 116 Å². The number of carbonyl (C=O) groups is 2. The summed E-state index contributed by atoms with van der Waals surface area (Å²) >= 11 is 0. The number of esters is 1. The van der Waals surface area contributed by atoms with Gasteiger partial charge in [-0.25, -0.2) is 0 Å². The van der Waals surface area contributed by atoms with Crippen molar-refractivity contribution in [3.8, 4) is 0 Å². The number of hydrogen-bond donors (Lipinski definition) is 3. The predicted octanol–water partition coefficient (Wildman–Crippen LogP) is -2.10. The highest BCUT2D eigenvalue weighted by Crippen LogP contribution is 1.82. The maximum atomic E-state index is 10.3. The standard InChI is InChI=1S/C5H10N2O4/c6-1-4(8)11-2-3(7)5(9)10/h3H,1-2,6-7H2,(H,9,10)/t3-/m0/s1. The first kappa shape index (κ1) is 9.86. The summed E-state index contributed by atoms with van der Waals surface area (Å²) in [7, 11) is 0. The summed E-state index contributed by atoms with van der Waals surface area (Å²) in [5, 5.41) is 8.22. The molecule has 0 aliphatic rings. The molecule has 6 nitrogen and oxygen atoms in total. The van der Waals surface area contributed by atoms with Gasteiger partial charge in [-0.1, -0.05) is 0 Å². The second kappa shape index (κ2) is 4.64. The van der Waals surface area contributed by atoms with Crippen LogP contribution in [0.25, 0.3) is 0 Å². The minimum Gasteiger partial charge on any atom is -0.480 e. The molecule has 0 amide bonds. The van der Waals surface area contributed by atoms with Gasteiger partial charge in [-0.15, -0.1) is 0 Å². The molecule has 5 N–H and O–H groups in total. The summed E-state index contributed by atoms with van der Waals surface area (Å²) < 4.78 is 4.34. The summed E-state index contributed by atoms with van der Waals surface area (Å²) in [4.78, 5) is 20.4. The first-order valence-electron chi connectivity index (χ1n) is 2.92. The van der Waals surface area contributed by atoms with E-state index in [1.54, 1.807) is 0 Å². The first-order chi connectivity index (χ1) is 5.07. The summed E-state index contributed by atoms with van der Waals surface area (Å²) in [6.07, 6.45) is 0. The molecule has 0 aromatic heterocycles. The van der Waals surface area contributed by atoms with E-state index < -0.39 is 18.0 Å². The minimum atomic E-state index is -1.21. The van der Waals surface area contributed by atoms with E-state index in [1.165, 1.54) is 0 Å². The molecule has 0 aliphatic heterocycles. The third kappa shape index (κ3) is 4.29. The van der Waals surface area contributed by atoms with Crippen molar-refractivity contribution in [3.05, 3.63) is 0 Å². The number of carbonyl (C=O) groups excluding carboxylic acids is 1. The molecule has 0 heterocycles. The number of carboxylic acids is 1. The van der Waals surface area contributed by atoms with Crippen LogP contribution in [0.15, 0.2) is 0 Å². The van der Waals surface area contributed by atoms with Crippen molar-refractivity contribution >= 4 is 11.9 Å². The van der Waals surface area contributed by atoms with Crippen molar-refractivity contribution in [3.63, 3.8) is 0 Å². The van der Waals surface area contributed by atoms with E-state index >= 15 is 0 Å². The monoisotopic (exact) mass is 162 g/mol. The highest BCUT2D eigenvalue weighted by molar-refractivity contribution is 5.75. The first-order valence-corrected chi connectivity index (χ1v) is 2.92. The number of aliphatic carboxylic acids is 1. The van der Waals surface area contributed by atoms with Crippen LogP contribution in [0.3, 0.4) is 0 Å². The van der Waals surface area contributed by atoms with Gasteiger partial charge in [0.2, 0.25) is 0 Å². The van der Waals surface area contributed by atoms with Crippen molar-refractivity contribution in [1.29, 1.82) is 0 Å². The zero-order valence-corrected chi connectivity index (χ0v) is 5.82. The Morgan fingerprint density at radius 3 is 2.45 bits per heavy atom. The zero-order chi connectivity index (χ0) is 8.85. The fourth-order valence-electron chi connectivity index (χ4n) is 0.313. The van der Waals surface area contributed by atoms with Crippen LogP contribution in [0, 0.1) is 0 Å². The average molecular weight is 162 g/mol. The summed E-state index contributed by atoms with van der Waals surface area (Å²) in [6, 6.07) is -1.18. The Hall–Kier alpha value is -1.14. The molecule has 0 bridgehead atoms. The zero-order valence-electron chi connectivity index (χ0n) is 5.82. The van der Waals surface area contributed by atoms with Crippen LogP contribution in [0.5, 0.6) is 0 Å². The van der Waals surface area contributed by atoms with Crippen molar-refractivity contribution in [2.45, 2.75) is 6.04 Å². The molecule has 0 unspecified atom stereocenters.